The van der Waals surface area contributed by atoms with E-state index in [-0.39, 0.29) is 0 Å². The zero-order chi connectivity index (χ0) is 12.8. The predicted molar refractivity (Wildman–Crippen MR) is 70.7 cm³/mol. The molecule has 4 rings (SSSR count). The molecule has 0 fully saturated rings. The zero-order valence-electron chi connectivity index (χ0n) is 10.4. The Bertz CT molecular complexity index is 756. The van der Waals surface area contributed by atoms with Crippen LogP contribution >= 0.6 is 0 Å². The number of benzene rings is 1. The Kier molecular flexibility index (Phi) is 2.03. The average molecular weight is 252 g/mol. The number of nitrogens with zero attached hydrogens (tertiary/aromatic N) is 2. The summed E-state index contributed by atoms with van der Waals surface area (Å²) in [7, 11) is 0. The topological polar surface area (TPSA) is 66.6 Å². The van der Waals surface area contributed by atoms with Crippen LogP contribution in [0.15, 0.2) is 30.6 Å². The highest BCUT2D eigenvalue weighted by molar-refractivity contribution is 5.76. The van der Waals surface area contributed by atoms with Crippen molar-refractivity contribution in [2.24, 2.45) is 0 Å². The number of rotatable bonds is 1. The number of aryl methyl sites for hydroxylation is 1. The third kappa shape index (κ3) is 1.55. The maximum absolute atomic E-state index is 5.78. The number of imidazole rings is 1. The lowest BCUT2D eigenvalue weighted by Crippen LogP contribution is -2.04. The maximum Gasteiger partial charge on any atom is 0.129 e. The highest BCUT2D eigenvalue weighted by atomic mass is 16.5. The van der Waals surface area contributed by atoms with Crippen LogP contribution in [-0.4, -0.2) is 20.2 Å². The smallest absolute Gasteiger partial charge is 0.129 e. The van der Waals surface area contributed by atoms with Crippen LogP contribution in [0.25, 0.3) is 22.5 Å². The molecule has 0 radical (unpaired) electrons. The van der Waals surface area contributed by atoms with Crippen LogP contribution in [-0.2, 0) is 6.61 Å². The van der Waals surface area contributed by atoms with Crippen LogP contribution in [0.1, 0.15) is 11.4 Å². The van der Waals surface area contributed by atoms with Gasteiger partial charge in [-0.05, 0) is 19.1 Å². The SMILES string of the molecule is Cc1ncc(-c2ccc3c(c2)OCc2cn[nH]c2-3)[nH]1. The second-order valence-electron chi connectivity index (χ2n) is 4.65. The largest absolute Gasteiger partial charge is 0.488 e. The van der Waals surface area contributed by atoms with Gasteiger partial charge < -0.3 is 9.72 Å². The fourth-order valence-electron chi connectivity index (χ4n) is 2.39. The minimum Gasteiger partial charge on any atom is -0.488 e. The second-order valence-corrected chi connectivity index (χ2v) is 4.65. The molecule has 19 heavy (non-hydrogen) atoms. The molecule has 2 N–H and O–H groups in total. The van der Waals surface area contributed by atoms with E-state index in [1.807, 2.05) is 25.4 Å². The molecule has 94 valence electrons. The van der Waals surface area contributed by atoms with E-state index in [1.54, 1.807) is 0 Å². The molecule has 0 saturated carbocycles. The van der Waals surface area contributed by atoms with Crippen LogP contribution in [0.3, 0.4) is 0 Å². The third-order valence-corrected chi connectivity index (χ3v) is 3.37. The lowest BCUT2D eigenvalue weighted by Gasteiger charge is -2.17. The molecule has 1 aromatic carbocycles. The molecule has 1 aliphatic rings. The summed E-state index contributed by atoms with van der Waals surface area (Å²) in [5.74, 6) is 1.78. The second kappa shape index (κ2) is 3.71. The molecule has 0 spiro atoms. The van der Waals surface area contributed by atoms with Gasteiger partial charge in [0.15, 0.2) is 0 Å². The summed E-state index contributed by atoms with van der Waals surface area (Å²) in [5, 5.41) is 7.09. The van der Waals surface area contributed by atoms with Crippen molar-refractivity contribution in [3.05, 3.63) is 42.0 Å². The maximum atomic E-state index is 5.78. The van der Waals surface area contributed by atoms with Crippen LogP contribution in [0.4, 0.5) is 0 Å². The summed E-state index contributed by atoms with van der Waals surface area (Å²) in [6.07, 6.45) is 3.64. The summed E-state index contributed by atoms with van der Waals surface area (Å²) in [6, 6.07) is 6.15. The number of fused-ring (bicyclic) bond motifs is 3. The molecular formula is C14H12N4O. The van der Waals surface area contributed by atoms with Gasteiger partial charge in [-0.3, -0.25) is 5.10 Å². The highest BCUT2D eigenvalue weighted by Gasteiger charge is 2.19. The van der Waals surface area contributed by atoms with E-state index in [9.17, 15) is 0 Å². The number of hydrogen-bond donors (Lipinski definition) is 2. The molecule has 0 amide bonds. The molecule has 3 heterocycles. The summed E-state index contributed by atoms with van der Waals surface area (Å²) in [4.78, 5) is 7.45. The van der Waals surface area contributed by atoms with Crippen molar-refractivity contribution in [2.75, 3.05) is 0 Å². The molecule has 0 aliphatic carbocycles. The number of H-pyrrole nitrogens is 2. The van der Waals surface area contributed by atoms with E-state index in [2.05, 4.69) is 32.3 Å². The standard InChI is InChI=1S/C14H12N4O/c1-8-15-6-12(17-8)9-2-3-11-13(4-9)19-7-10-5-16-18-14(10)11/h2-6H,7H2,1H3,(H,15,17)(H,16,18). The number of hydrogen-bond acceptors (Lipinski definition) is 3. The van der Waals surface area contributed by atoms with E-state index in [0.717, 1.165) is 39.7 Å². The van der Waals surface area contributed by atoms with Crippen molar-refractivity contribution < 1.29 is 4.74 Å². The lowest BCUT2D eigenvalue weighted by atomic mass is 10.0. The van der Waals surface area contributed by atoms with Gasteiger partial charge in [-0.15, -0.1) is 0 Å². The monoisotopic (exact) mass is 252 g/mol. The first-order valence-electron chi connectivity index (χ1n) is 6.13. The van der Waals surface area contributed by atoms with Crippen molar-refractivity contribution in [3.8, 4) is 28.3 Å². The van der Waals surface area contributed by atoms with Gasteiger partial charge in [0.1, 0.15) is 18.2 Å². The average Bonchev–Trinajstić information content (AvgIpc) is 3.06. The summed E-state index contributed by atoms with van der Waals surface area (Å²) in [5.41, 5.74) is 5.27. The lowest BCUT2D eigenvalue weighted by molar-refractivity contribution is 0.302. The molecule has 2 aromatic heterocycles. The van der Waals surface area contributed by atoms with Crippen molar-refractivity contribution in [3.63, 3.8) is 0 Å². The summed E-state index contributed by atoms with van der Waals surface area (Å²) < 4.78 is 5.78. The Hall–Kier alpha value is -2.56. The van der Waals surface area contributed by atoms with E-state index in [1.165, 1.54) is 0 Å². The quantitative estimate of drug-likeness (QED) is 0.699. The van der Waals surface area contributed by atoms with E-state index in [4.69, 9.17) is 4.74 Å². The fourth-order valence-corrected chi connectivity index (χ4v) is 2.39. The Morgan fingerprint density at radius 2 is 2.21 bits per heavy atom. The molecule has 3 aromatic rings. The van der Waals surface area contributed by atoms with Gasteiger partial charge in [-0.2, -0.15) is 5.10 Å². The molecule has 0 atom stereocenters. The Morgan fingerprint density at radius 3 is 3.05 bits per heavy atom. The molecule has 0 unspecified atom stereocenters. The van der Waals surface area contributed by atoms with Crippen LogP contribution in [0.5, 0.6) is 5.75 Å². The highest BCUT2D eigenvalue weighted by Crippen LogP contribution is 2.38. The summed E-state index contributed by atoms with van der Waals surface area (Å²) in [6.45, 7) is 2.50. The van der Waals surface area contributed by atoms with Crippen LogP contribution in [0, 0.1) is 6.92 Å². The number of aromatic nitrogens is 4. The van der Waals surface area contributed by atoms with Crippen molar-refractivity contribution in [1.29, 1.82) is 0 Å². The molecule has 0 saturated heterocycles. The first-order chi connectivity index (χ1) is 9.31. The third-order valence-electron chi connectivity index (χ3n) is 3.37. The minimum absolute atomic E-state index is 0.560. The summed E-state index contributed by atoms with van der Waals surface area (Å²) >= 11 is 0. The van der Waals surface area contributed by atoms with E-state index < -0.39 is 0 Å². The van der Waals surface area contributed by atoms with Gasteiger partial charge in [0.25, 0.3) is 0 Å². The normalized spacial score (nSPS) is 12.7. The predicted octanol–water partition coefficient (Wildman–Crippen LogP) is 2.67. The Morgan fingerprint density at radius 1 is 1.26 bits per heavy atom. The minimum atomic E-state index is 0.560. The molecule has 0 bridgehead atoms. The van der Waals surface area contributed by atoms with E-state index in [0.29, 0.717) is 6.61 Å². The first kappa shape index (κ1) is 10.4. The van der Waals surface area contributed by atoms with Crippen molar-refractivity contribution in [2.45, 2.75) is 13.5 Å². The van der Waals surface area contributed by atoms with Crippen LogP contribution in [0.2, 0.25) is 0 Å². The van der Waals surface area contributed by atoms with E-state index >= 15 is 0 Å². The van der Waals surface area contributed by atoms with Gasteiger partial charge in [0, 0.05) is 16.7 Å². The van der Waals surface area contributed by atoms with Gasteiger partial charge in [0.05, 0.1) is 23.8 Å². The van der Waals surface area contributed by atoms with Gasteiger partial charge in [-0.1, -0.05) is 6.07 Å². The van der Waals surface area contributed by atoms with Gasteiger partial charge >= 0.3 is 0 Å². The Balaban J connectivity index is 1.84. The zero-order valence-corrected chi connectivity index (χ0v) is 10.4. The molecule has 1 aliphatic heterocycles. The number of aromatic amines is 2. The van der Waals surface area contributed by atoms with Gasteiger partial charge in [0.2, 0.25) is 0 Å². The molecule has 5 nitrogen and oxygen atoms in total. The van der Waals surface area contributed by atoms with Gasteiger partial charge in [-0.25, -0.2) is 4.98 Å². The molecule has 5 heteroatoms. The number of nitrogens with one attached hydrogen (secondary N) is 2. The fraction of sp³-hybridized carbons (Fsp3) is 0.143. The number of ether oxygens (including phenoxy) is 1. The van der Waals surface area contributed by atoms with Crippen LogP contribution < -0.4 is 4.74 Å². The van der Waals surface area contributed by atoms with Crippen molar-refractivity contribution in [1.82, 2.24) is 20.2 Å². The van der Waals surface area contributed by atoms with Crippen molar-refractivity contribution >= 4 is 0 Å². The molecular weight excluding hydrogens is 240 g/mol. The Labute approximate surface area is 109 Å². The first-order valence-corrected chi connectivity index (χ1v) is 6.13.